The van der Waals surface area contributed by atoms with Gasteiger partial charge in [0.2, 0.25) is 0 Å². The van der Waals surface area contributed by atoms with Crippen LogP contribution in [0.1, 0.15) is 59.3 Å². The second-order valence-electron chi connectivity index (χ2n) is 4.82. The van der Waals surface area contributed by atoms with Crippen LogP contribution in [0.5, 0.6) is 0 Å². The maximum Gasteiger partial charge on any atom is 0.322 e. The predicted molar refractivity (Wildman–Crippen MR) is 67.1 cm³/mol. The van der Waals surface area contributed by atoms with Crippen LogP contribution < -0.4 is 5.73 Å². The molecule has 0 aliphatic heterocycles. The second kappa shape index (κ2) is 9.64. The Kier molecular flexibility index (Phi) is 9.30. The van der Waals surface area contributed by atoms with Gasteiger partial charge in [0.25, 0.3) is 0 Å². The van der Waals surface area contributed by atoms with Crippen molar-refractivity contribution in [2.24, 2.45) is 11.7 Å². The molecule has 0 fully saturated rings. The Labute approximate surface area is 99.7 Å². The first kappa shape index (κ1) is 15.4. The van der Waals surface area contributed by atoms with E-state index < -0.39 is 6.04 Å². The molecule has 0 bridgehead atoms. The molecule has 0 heterocycles. The molecule has 16 heavy (non-hydrogen) atoms. The predicted octanol–water partition coefficient (Wildman–Crippen LogP) is 2.87. The summed E-state index contributed by atoms with van der Waals surface area (Å²) < 4.78 is 5.12. The van der Waals surface area contributed by atoms with Gasteiger partial charge in [-0.25, -0.2) is 0 Å². The first-order valence-electron chi connectivity index (χ1n) is 6.50. The first-order valence-corrected chi connectivity index (χ1v) is 6.50. The van der Waals surface area contributed by atoms with E-state index in [2.05, 4.69) is 20.8 Å². The summed E-state index contributed by atoms with van der Waals surface area (Å²) in [6, 6.07) is -0.448. The van der Waals surface area contributed by atoms with E-state index in [1.54, 1.807) is 0 Å². The van der Waals surface area contributed by atoms with Gasteiger partial charge in [0.1, 0.15) is 6.04 Å². The Morgan fingerprint density at radius 2 is 1.81 bits per heavy atom. The van der Waals surface area contributed by atoms with E-state index in [-0.39, 0.29) is 5.97 Å². The van der Waals surface area contributed by atoms with Crippen LogP contribution in [-0.4, -0.2) is 18.6 Å². The zero-order chi connectivity index (χ0) is 12.4. The molecule has 0 amide bonds. The normalized spacial score (nSPS) is 12.8. The largest absolute Gasteiger partial charge is 0.465 e. The standard InChI is InChI=1S/C13H27NO2/c1-4-5-6-7-8-9-16-13(15)12(14)10-11(2)3/h11-12H,4-10,14H2,1-3H3/t12-/m0/s1. The molecular formula is C13H27NO2. The van der Waals surface area contributed by atoms with Gasteiger partial charge in [0.15, 0.2) is 0 Å². The molecule has 3 heteroatoms. The van der Waals surface area contributed by atoms with Crippen molar-refractivity contribution in [1.29, 1.82) is 0 Å². The van der Waals surface area contributed by atoms with E-state index >= 15 is 0 Å². The quantitative estimate of drug-likeness (QED) is 0.488. The highest BCUT2D eigenvalue weighted by atomic mass is 16.5. The molecule has 0 saturated carbocycles. The summed E-state index contributed by atoms with van der Waals surface area (Å²) >= 11 is 0. The fraction of sp³-hybridized carbons (Fsp3) is 0.923. The third kappa shape index (κ3) is 8.72. The van der Waals surface area contributed by atoms with Crippen LogP contribution in [-0.2, 0) is 9.53 Å². The van der Waals surface area contributed by atoms with Gasteiger partial charge in [-0.1, -0.05) is 46.5 Å². The van der Waals surface area contributed by atoms with Crippen LogP contribution in [0.3, 0.4) is 0 Å². The van der Waals surface area contributed by atoms with Crippen molar-refractivity contribution >= 4 is 5.97 Å². The van der Waals surface area contributed by atoms with Crippen molar-refractivity contribution in [3.63, 3.8) is 0 Å². The summed E-state index contributed by atoms with van der Waals surface area (Å²) in [5.74, 6) is 0.191. The van der Waals surface area contributed by atoms with Crippen LogP contribution in [0.25, 0.3) is 0 Å². The second-order valence-corrected chi connectivity index (χ2v) is 4.82. The number of esters is 1. The van der Waals surface area contributed by atoms with Crippen LogP contribution in [0.2, 0.25) is 0 Å². The molecule has 0 spiro atoms. The van der Waals surface area contributed by atoms with E-state index in [1.807, 2.05) is 0 Å². The topological polar surface area (TPSA) is 52.3 Å². The van der Waals surface area contributed by atoms with Crippen molar-refractivity contribution < 1.29 is 9.53 Å². The number of rotatable bonds is 9. The first-order chi connectivity index (χ1) is 7.57. The molecule has 0 aromatic rings. The number of ether oxygens (including phenoxy) is 1. The van der Waals surface area contributed by atoms with Gasteiger partial charge in [0.05, 0.1) is 6.61 Å². The van der Waals surface area contributed by atoms with Gasteiger partial charge >= 0.3 is 5.97 Å². The molecule has 0 saturated heterocycles. The molecule has 0 aromatic carbocycles. The van der Waals surface area contributed by atoms with Crippen molar-refractivity contribution in [3.8, 4) is 0 Å². The fourth-order valence-electron chi connectivity index (χ4n) is 1.59. The monoisotopic (exact) mass is 229 g/mol. The van der Waals surface area contributed by atoms with E-state index in [1.165, 1.54) is 19.3 Å². The Morgan fingerprint density at radius 3 is 2.38 bits per heavy atom. The number of unbranched alkanes of at least 4 members (excludes halogenated alkanes) is 4. The summed E-state index contributed by atoms with van der Waals surface area (Å²) in [6.45, 7) is 6.81. The van der Waals surface area contributed by atoms with E-state index in [0.717, 1.165) is 12.8 Å². The van der Waals surface area contributed by atoms with Crippen molar-refractivity contribution in [2.45, 2.75) is 65.3 Å². The maximum atomic E-state index is 11.4. The van der Waals surface area contributed by atoms with Gasteiger partial charge in [-0.2, -0.15) is 0 Å². The lowest BCUT2D eigenvalue weighted by atomic mass is 10.1. The minimum Gasteiger partial charge on any atom is -0.465 e. The van der Waals surface area contributed by atoms with Crippen LogP contribution >= 0.6 is 0 Å². The Morgan fingerprint density at radius 1 is 1.19 bits per heavy atom. The number of carbonyl (C=O) groups excluding carboxylic acids is 1. The van der Waals surface area contributed by atoms with Gasteiger partial charge in [-0.05, 0) is 18.8 Å². The number of carbonyl (C=O) groups is 1. The number of nitrogens with two attached hydrogens (primary N) is 1. The molecule has 0 aliphatic rings. The molecule has 0 aromatic heterocycles. The smallest absolute Gasteiger partial charge is 0.322 e. The van der Waals surface area contributed by atoms with Gasteiger partial charge in [0, 0.05) is 0 Å². The molecule has 0 aliphatic carbocycles. The van der Waals surface area contributed by atoms with E-state index in [4.69, 9.17) is 10.5 Å². The molecule has 1 atom stereocenters. The summed E-state index contributed by atoms with van der Waals surface area (Å²) in [6.07, 6.45) is 6.53. The average Bonchev–Trinajstić information content (AvgIpc) is 2.21. The highest BCUT2D eigenvalue weighted by Gasteiger charge is 2.15. The minimum absolute atomic E-state index is 0.246. The summed E-state index contributed by atoms with van der Waals surface area (Å²) in [7, 11) is 0. The molecule has 0 unspecified atom stereocenters. The lowest BCUT2D eigenvalue weighted by Crippen LogP contribution is -2.33. The number of hydrogen-bond acceptors (Lipinski definition) is 3. The highest BCUT2D eigenvalue weighted by Crippen LogP contribution is 2.06. The molecule has 96 valence electrons. The zero-order valence-electron chi connectivity index (χ0n) is 11.0. The minimum atomic E-state index is -0.448. The molecule has 0 rings (SSSR count). The fourth-order valence-corrected chi connectivity index (χ4v) is 1.59. The lowest BCUT2D eigenvalue weighted by Gasteiger charge is -2.13. The van der Waals surface area contributed by atoms with Crippen molar-refractivity contribution in [1.82, 2.24) is 0 Å². The maximum absolute atomic E-state index is 11.4. The van der Waals surface area contributed by atoms with Crippen molar-refractivity contribution in [3.05, 3.63) is 0 Å². The highest BCUT2D eigenvalue weighted by molar-refractivity contribution is 5.75. The van der Waals surface area contributed by atoms with Crippen LogP contribution in [0, 0.1) is 5.92 Å². The molecule has 0 radical (unpaired) electrons. The summed E-state index contributed by atoms with van der Waals surface area (Å²) in [5.41, 5.74) is 5.71. The van der Waals surface area contributed by atoms with Crippen LogP contribution in [0.4, 0.5) is 0 Å². The van der Waals surface area contributed by atoms with Gasteiger partial charge in [-0.3, -0.25) is 4.79 Å². The number of hydrogen-bond donors (Lipinski definition) is 1. The van der Waals surface area contributed by atoms with Crippen LogP contribution in [0.15, 0.2) is 0 Å². The zero-order valence-corrected chi connectivity index (χ0v) is 11.0. The summed E-state index contributed by atoms with van der Waals surface area (Å²) in [4.78, 5) is 11.4. The summed E-state index contributed by atoms with van der Waals surface area (Å²) in [5, 5.41) is 0. The van der Waals surface area contributed by atoms with Crippen molar-refractivity contribution in [2.75, 3.05) is 6.61 Å². The third-order valence-corrected chi connectivity index (χ3v) is 2.52. The molecule has 2 N–H and O–H groups in total. The lowest BCUT2D eigenvalue weighted by molar-refractivity contribution is -0.145. The third-order valence-electron chi connectivity index (χ3n) is 2.52. The van der Waals surface area contributed by atoms with Gasteiger partial charge in [-0.15, -0.1) is 0 Å². The SMILES string of the molecule is CCCCCCCOC(=O)[C@@H](N)CC(C)C. The molecule has 3 nitrogen and oxygen atoms in total. The van der Waals surface area contributed by atoms with Gasteiger partial charge < -0.3 is 10.5 Å². The Balaban J connectivity index is 3.42. The Bertz CT molecular complexity index is 181. The van der Waals surface area contributed by atoms with E-state index in [0.29, 0.717) is 18.9 Å². The van der Waals surface area contributed by atoms with E-state index in [9.17, 15) is 4.79 Å². The average molecular weight is 229 g/mol. The molecular weight excluding hydrogens is 202 g/mol. The Hall–Kier alpha value is -0.570.